The van der Waals surface area contributed by atoms with Crippen molar-refractivity contribution in [1.29, 1.82) is 0 Å². The van der Waals surface area contributed by atoms with Gasteiger partial charge in [-0.2, -0.15) is 0 Å². The van der Waals surface area contributed by atoms with Crippen molar-refractivity contribution >= 4 is 24.0 Å². The summed E-state index contributed by atoms with van der Waals surface area (Å²) < 4.78 is 54.3. The third kappa shape index (κ3) is 7.14. The van der Waals surface area contributed by atoms with Gasteiger partial charge in [0.1, 0.15) is 28.1 Å². The van der Waals surface area contributed by atoms with Crippen molar-refractivity contribution in [2.24, 2.45) is 5.92 Å². The molecule has 0 aliphatic carbocycles. The Kier molecular flexibility index (Phi) is 10.4. The molecule has 43 heavy (non-hydrogen) atoms. The fourth-order valence-corrected chi connectivity index (χ4v) is 7.83. The van der Waals surface area contributed by atoms with E-state index in [2.05, 4.69) is 34.8 Å². The third-order valence-electron chi connectivity index (χ3n) is 7.73. The van der Waals surface area contributed by atoms with Gasteiger partial charge in [-0.15, -0.1) is 10.2 Å². The molecule has 3 heterocycles. The first-order chi connectivity index (χ1) is 20.4. The van der Waals surface area contributed by atoms with Gasteiger partial charge in [-0.3, -0.25) is 4.57 Å². The molecule has 0 bridgehead atoms. The highest BCUT2D eigenvalue weighted by Crippen LogP contribution is 2.39. The molecule has 1 saturated heterocycles. The number of rotatable bonds is 13. The van der Waals surface area contributed by atoms with Crippen LogP contribution in [0, 0.1) is 5.92 Å². The normalized spacial score (nSPS) is 16.0. The topological polar surface area (TPSA) is 138 Å². The predicted octanol–water partition coefficient (Wildman–Crippen LogP) is 4.01. The van der Waals surface area contributed by atoms with E-state index in [0.717, 1.165) is 0 Å². The van der Waals surface area contributed by atoms with Crippen molar-refractivity contribution in [3.63, 3.8) is 0 Å². The minimum absolute atomic E-state index is 0.0479. The Labute approximate surface area is 255 Å². The Morgan fingerprint density at radius 1 is 1.02 bits per heavy atom. The molecule has 2 atom stereocenters. The van der Waals surface area contributed by atoms with Gasteiger partial charge in [0.05, 0.1) is 27.4 Å². The van der Waals surface area contributed by atoms with Crippen LogP contribution in [0.4, 0.5) is 5.95 Å². The lowest BCUT2D eigenvalue weighted by Gasteiger charge is -2.34. The molecule has 1 aliphatic rings. The maximum Gasteiger partial charge on any atom is 0.246 e. The molecule has 0 spiro atoms. The summed E-state index contributed by atoms with van der Waals surface area (Å²) >= 11 is 0. The van der Waals surface area contributed by atoms with Crippen molar-refractivity contribution < 1.29 is 32.5 Å². The van der Waals surface area contributed by atoms with E-state index < -0.39 is 29.5 Å². The lowest BCUT2D eigenvalue weighted by molar-refractivity contribution is 0.00812. The second-order valence-corrected chi connectivity index (χ2v) is 19.6. The SMILES string of the molecule is COc1cccc(-c2nnc(N(CC[Si](C)(C)C)S(=O)(=O)[C@@H](C)[C@H](O)C3CCOCC3)n2-c2c(OC)cccc2OC)n1. The Balaban J connectivity index is 1.96. The Hall–Kier alpha value is -3.20. The Morgan fingerprint density at radius 2 is 1.65 bits per heavy atom. The second-order valence-electron chi connectivity index (χ2n) is 11.8. The van der Waals surface area contributed by atoms with E-state index in [1.54, 1.807) is 47.9 Å². The molecule has 0 unspecified atom stereocenters. The van der Waals surface area contributed by atoms with E-state index in [0.29, 0.717) is 60.9 Å². The number of hydrogen-bond donors (Lipinski definition) is 1. The summed E-state index contributed by atoms with van der Waals surface area (Å²) in [5, 5.41) is 19.2. The number of para-hydroxylation sites is 1. The van der Waals surface area contributed by atoms with Gasteiger partial charge < -0.3 is 24.1 Å². The van der Waals surface area contributed by atoms with E-state index in [4.69, 9.17) is 18.9 Å². The molecular formula is C29H43N5O7SSi. The summed E-state index contributed by atoms with van der Waals surface area (Å²) in [7, 11) is -1.34. The van der Waals surface area contributed by atoms with Crippen LogP contribution in [0.5, 0.6) is 17.4 Å². The highest BCUT2D eigenvalue weighted by atomic mass is 32.2. The first-order valence-electron chi connectivity index (χ1n) is 14.4. The van der Waals surface area contributed by atoms with E-state index >= 15 is 0 Å². The number of ether oxygens (including phenoxy) is 4. The predicted molar refractivity (Wildman–Crippen MR) is 168 cm³/mol. The number of aliphatic hydroxyl groups is 1. The van der Waals surface area contributed by atoms with Gasteiger partial charge in [-0.05, 0) is 49.9 Å². The molecule has 236 valence electrons. The van der Waals surface area contributed by atoms with Crippen LogP contribution in [-0.4, -0.2) is 93.8 Å². The average Bonchev–Trinajstić information content (AvgIpc) is 3.43. The van der Waals surface area contributed by atoms with Gasteiger partial charge in [0.15, 0.2) is 5.82 Å². The molecule has 1 aliphatic heterocycles. The Bertz CT molecular complexity index is 1470. The number of nitrogens with zero attached hydrogens (tertiary/aromatic N) is 5. The molecule has 0 radical (unpaired) electrons. The Morgan fingerprint density at radius 3 is 2.23 bits per heavy atom. The van der Waals surface area contributed by atoms with Gasteiger partial charge in [-0.25, -0.2) is 17.7 Å². The van der Waals surface area contributed by atoms with Gasteiger partial charge in [-0.1, -0.05) is 31.8 Å². The molecule has 1 N–H and O–H groups in total. The maximum atomic E-state index is 14.5. The smallest absolute Gasteiger partial charge is 0.246 e. The van der Waals surface area contributed by atoms with Crippen LogP contribution in [-0.2, 0) is 14.8 Å². The number of anilines is 1. The minimum atomic E-state index is -4.16. The molecule has 1 fully saturated rings. The van der Waals surface area contributed by atoms with E-state index in [1.807, 2.05) is 0 Å². The molecular weight excluding hydrogens is 591 g/mol. The molecule has 4 rings (SSSR count). The fourth-order valence-electron chi connectivity index (χ4n) is 5.11. The standard InChI is InChI=1S/C29H43N5O7SSi/c1-20(27(35)21-14-17-41-18-15-21)42(36,37)33(16-19-43(5,6)7)29-32-31-28(22-10-8-13-25(30-22)40-4)34(29)26-23(38-2)11-9-12-24(26)39-3/h8-13,20-21,27,35H,14-19H2,1-7H3/t20-,27-/m0/s1. The number of hydrogen-bond acceptors (Lipinski definition) is 10. The highest BCUT2D eigenvalue weighted by Gasteiger charge is 2.41. The monoisotopic (exact) mass is 633 g/mol. The average molecular weight is 634 g/mol. The van der Waals surface area contributed by atoms with Gasteiger partial charge in [0.2, 0.25) is 21.9 Å². The molecule has 12 nitrogen and oxygen atoms in total. The third-order valence-corrected chi connectivity index (χ3v) is 11.6. The minimum Gasteiger partial charge on any atom is -0.494 e. The zero-order valence-electron chi connectivity index (χ0n) is 26.0. The molecule has 2 aromatic heterocycles. The van der Waals surface area contributed by atoms with E-state index in [1.165, 1.54) is 25.6 Å². The molecule has 14 heteroatoms. The number of methoxy groups -OCH3 is 3. The molecule has 0 saturated carbocycles. The maximum absolute atomic E-state index is 14.5. The molecule has 0 amide bonds. The molecule has 1 aromatic carbocycles. The van der Waals surface area contributed by atoms with Crippen LogP contribution in [0.25, 0.3) is 17.2 Å². The van der Waals surface area contributed by atoms with Crippen molar-refractivity contribution in [2.45, 2.75) is 56.8 Å². The number of aromatic nitrogens is 4. The van der Waals surface area contributed by atoms with Crippen LogP contribution < -0.4 is 18.5 Å². The van der Waals surface area contributed by atoms with Gasteiger partial charge in [0.25, 0.3) is 0 Å². The van der Waals surface area contributed by atoms with Crippen LogP contribution in [0.15, 0.2) is 36.4 Å². The fraction of sp³-hybridized carbons (Fsp3) is 0.552. The van der Waals surface area contributed by atoms with Crippen molar-refractivity contribution in [3.8, 4) is 34.6 Å². The lowest BCUT2D eigenvalue weighted by Crippen LogP contribution is -2.48. The van der Waals surface area contributed by atoms with Crippen LogP contribution in [0.1, 0.15) is 19.8 Å². The first-order valence-corrected chi connectivity index (χ1v) is 19.6. The van der Waals surface area contributed by atoms with Gasteiger partial charge in [0, 0.05) is 33.9 Å². The van der Waals surface area contributed by atoms with Crippen LogP contribution in [0.2, 0.25) is 25.7 Å². The number of benzene rings is 1. The second kappa shape index (κ2) is 13.6. The van der Waals surface area contributed by atoms with Gasteiger partial charge >= 0.3 is 0 Å². The van der Waals surface area contributed by atoms with Crippen LogP contribution in [0.3, 0.4) is 0 Å². The van der Waals surface area contributed by atoms with E-state index in [9.17, 15) is 13.5 Å². The molecule has 3 aromatic rings. The van der Waals surface area contributed by atoms with Crippen molar-refractivity contribution in [2.75, 3.05) is 45.4 Å². The highest BCUT2D eigenvalue weighted by molar-refractivity contribution is 7.93. The number of aliphatic hydroxyl groups excluding tert-OH is 1. The first kappa shape index (κ1) is 32.7. The largest absolute Gasteiger partial charge is 0.494 e. The summed E-state index contributed by atoms with van der Waals surface area (Å²) in [6.07, 6.45) is 0.104. The lowest BCUT2D eigenvalue weighted by atomic mass is 9.92. The number of sulfonamides is 1. The quantitative estimate of drug-likeness (QED) is 0.275. The number of pyridine rings is 1. The summed E-state index contributed by atoms with van der Waals surface area (Å²) in [4.78, 5) is 4.56. The summed E-state index contributed by atoms with van der Waals surface area (Å²) in [6, 6.07) is 11.2. The van der Waals surface area contributed by atoms with Crippen molar-refractivity contribution in [1.82, 2.24) is 19.7 Å². The zero-order valence-corrected chi connectivity index (χ0v) is 27.8. The summed E-state index contributed by atoms with van der Waals surface area (Å²) in [6.45, 7) is 9.24. The van der Waals surface area contributed by atoms with Crippen molar-refractivity contribution in [3.05, 3.63) is 36.4 Å². The summed E-state index contributed by atoms with van der Waals surface area (Å²) in [5.74, 6) is 1.32. The summed E-state index contributed by atoms with van der Waals surface area (Å²) in [5.41, 5.74) is 0.821. The van der Waals surface area contributed by atoms with E-state index in [-0.39, 0.29) is 24.2 Å². The zero-order chi connectivity index (χ0) is 31.4. The van der Waals surface area contributed by atoms with Crippen LogP contribution >= 0.6 is 0 Å².